The van der Waals surface area contributed by atoms with Gasteiger partial charge in [-0.3, -0.25) is 14.4 Å². The fourth-order valence-electron chi connectivity index (χ4n) is 4.21. The standard InChI is InChI=1S/C24H28N2O4/c1-4-14-29-19-12-10-17(11-13-19)25-23(27)21-20(15-16(2)3)26(30-22(21)24(25)28)18-8-6-5-7-9-18/h5-13,16,20-22H,4,14-15H2,1-3H3/t20-,21+,22+/m1/s1. The summed E-state index contributed by atoms with van der Waals surface area (Å²) in [7, 11) is 0. The van der Waals surface area contributed by atoms with Gasteiger partial charge in [0, 0.05) is 0 Å². The van der Waals surface area contributed by atoms with Crippen molar-refractivity contribution in [3.05, 3.63) is 54.6 Å². The number of ether oxygens (including phenoxy) is 1. The lowest BCUT2D eigenvalue weighted by molar-refractivity contribution is -0.126. The van der Waals surface area contributed by atoms with E-state index in [2.05, 4.69) is 13.8 Å². The van der Waals surface area contributed by atoms with Crippen molar-refractivity contribution in [2.45, 2.75) is 45.8 Å². The number of hydrogen-bond acceptors (Lipinski definition) is 5. The second-order valence-electron chi connectivity index (χ2n) is 8.26. The number of anilines is 2. The summed E-state index contributed by atoms with van der Waals surface area (Å²) in [6.07, 6.45) is 0.880. The number of amides is 2. The molecule has 2 fully saturated rings. The second-order valence-corrected chi connectivity index (χ2v) is 8.26. The molecule has 2 saturated heterocycles. The lowest BCUT2D eigenvalue weighted by atomic mass is 9.90. The number of carbonyl (C=O) groups is 2. The molecule has 30 heavy (non-hydrogen) atoms. The first-order valence-corrected chi connectivity index (χ1v) is 10.6. The van der Waals surface area contributed by atoms with Gasteiger partial charge in [-0.05, 0) is 55.2 Å². The van der Waals surface area contributed by atoms with Crippen molar-refractivity contribution in [1.82, 2.24) is 0 Å². The van der Waals surface area contributed by atoms with Gasteiger partial charge in [0.25, 0.3) is 5.91 Å². The van der Waals surface area contributed by atoms with Crippen LogP contribution in [0.4, 0.5) is 11.4 Å². The Balaban J connectivity index is 1.60. The molecule has 2 amide bonds. The van der Waals surface area contributed by atoms with E-state index in [1.807, 2.05) is 37.3 Å². The zero-order valence-corrected chi connectivity index (χ0v) is 17.7. The molecule has 0 saturated carbocycles. The maximum atomic E-state index is 13.4. The number of benzene rings is 2. The highest BCUT2D eigenvalue weighted by Crippen LogP contribution is 2.42. The molecule has 4 rings (SSSR count). The Morgan fingerprint density at radius 1 is 0.967 bits per heavy atom. The molecule has 2 aliphatic heterocycles. The normalized spacial score (nSPS) is 23.4. The lowest BCUT2D eigenvalue weighted by Crippen LogP contribution is -2.41. The van der Waals surface area contributed by atoms with Crippen molar-refractivity contribution in [2.24, 2.45) is 11.8 Å². The lowest BCUT2D eigenvalue weighted by Gasteiger charge is -2.29. The number of para-hydroxylation sites is 1. The number of rotatable bonds is 7. The molecular weight excluding hydrogens is 380 g/mol. The van der Waals surface area contributed by atoms with Crippen LogP contribution in [0.1, 0.15) is 33.6 Å². The Labute approximate surface area is 177 Å². The van der Waals surface area contributed by atoms with Crippen LogP contribution in [0.3, 0.4) is 0 Å². The number of nitrogens with zero attached hydrogens (tertiary/aromatic N) is 2. The minimum absolute atomic E-state index is 0.189. The number of fused-ring (bicyclic) bond motifs is 1. The highest BCUT2D eigenvalue weighted by Gasteiger charge is 2.59. The van der Waals surface area contributed by atoms with E-state index in [4.69, 9.17) is 9.57 Å². The van der Waals surface area contributed by atoms with Gasteiger partial charge in [-0.15, -0.1) is 0 Å². The van der Waals surface area contributed by atoms with E-state index in [1.54, 1.807) is 29.3 Å². The summed E-state index contributed by atoms with van der Waals surface area (Å²) >= 11 is 0. The number of carbonyl (C=O) groups excluding carboxylic acids is 2. The van der Waals surface area contributed by atoms with Crippen LogP contribution in [0.25, 0.3) is 0 Å². The molecule has 0 radical (unpaired) electrons. The Kier molecular flexibility index (Phi) is 5.77. The van der Waals surface area contributed by atoms with E-state index < -0.39 is 12.0 Å². The molecule has 2 aromatic carbocycles. The summed E-state index contributed by atoms with van der Waals surface area (Å²) in [4.78, 5) is 33.9. The van der Waals surface area contributed by atoms with Gasteiger partial charge in [0.2, 0.25) is 5.91 Å². The van der Waals surface area contributed by atoms with Gasteiger partial charge in [-0.25, -0.2) is 9.96 Å². The molecule has 0 aliphatic carbocycles. The molecule has 0 spiro atoms. The van der Waals surface area contributed by atoms with Crippen molar-refractivity contribution in [3.63, 3.8) is 0 Å². The first kappa shape index (κ1) is 20.4. The summed E-state index contributed by atoms with van der Waals surface area (Å²) in [6.45, 7) is 6.90. The average Bonchev–Trinajstić information content (AvgIpc) is 3.23. The Morgan fingerprint density at radius 3 is 2.30 bits per heavy atom. The molecule has 0 bridgehead atoms. The molecule has 6 heteroatoms. The topological polar surface area (TPSA) is 59.1 Å². The first-order chi connectivity index (χ1) is 14.5. The molecule has 2 aliphatic rings. The summed E-state index contributed by atoms with van der Waals surface area (Å²) in [5.41, 5.74) is 1.42. The monoisotopic (exact) mass is 408 g/mol. The summed E-state index contributed by atoms with van der Waals surface area (Å²) in [6, 6.07) is 16.6. The second kappa shape index (κ2) is 8.48. The van der Waals surface area contributed by atoms with Crippen LogP contribution >= 0.6 is 0 Å². The zero-order valence-electron chi connectivity index (χ0n) is 17.7. The van der Waals surface area contributed by atoms with Crippen molar-refractivity contribution in [3.8, 4) is 5.75 Å². The van der Waals surface area contributed by atoms with E-state index in [1.165, 1.54) is 4.90 Å². The SMILES string of the molecule is CCCOc1ccc(N2C(=O)[C@@H]3[C@H](ON(c4ccccc4)[C@@H]3CC(C)C)C2=O)cc1. The van der Waals surface area contributed by atoms with Gasteiger partial charge in [-0.2, -0.15) is 0 Å². The van der Waals surface area contributed by atoms with Crippen LogP contribution in [-0.4, -0.2) is 30.6 Å². The predicted molar refractivity (Wildman–Crippen MR) is 115 cm³/mol. The quantitative estimate of drug-likeness (QED) is 0.643. The minimum Gasteiger partial charge on any atom is -0.494 e. The van der Waals surface area contributed by atoms with E-state index in [0.29, 0.717) is 18.2 Å². The smallest absolute Gasteiger partial charge is 0.266 e. The highest BCUT2D eigenvalue weighted by molar-refractivity contribution is 6.23. The van der Waals surface area contributed by atoms with Gasteiger partial charge in [0.05, 0.1) is 29.9 Å². The molecule has 2 heterocycles. The number of hydroxylamine groups is 1. The van der Waals surface area contributed by atoms with Crippen LogP contribution in [-0.2, 0) is 14.4 Å². The van der Waals surface area contributed by atoms with Crippen LogP contribution in [0.2, 0.25) is 0 Å². The van der Waals surface area contributed by atoms with Gasteiger partial charge in [0.1, 0.15) is 5.75 Å². The molecular formula is C24H28N2O4. The van der Waals surface area contributed by atoms with Crippen molar-refractivity contribution in [2.75, 3.05) is 16.6 Å². The summed E-state index contributed by atoms with van der Waals surface area (Å²) < 4.78 is 5.61. The Bertz CT molecular complexity index is 897. The van der Waals surface area contributed by atoms with Crippen molar-refractivity contribution < 1.29 is 19.2 Å². The van der Waals surface area contributed by atoms with Gasteiger partial charge >= 0.3 is 0 Å². The van der Waals surface area contributed by atoms with Crippen LogP contribution in [0, 0.1) is 11.8 Å². The molecule has 0 unspecified atom stereocenters. The van der Waals surface area contributed by atoms with Gasteiger partial charge < -0.3 is 4.74 Å². The van der Waals surface area contributed by atoms with Crippen molar-refractivity contribution in [1.29, 1.82) is 0 Å². The molecule has 6 nitrogen and oxygen atoms in total. The van der Waals surface area contributed by atoms with Crippen LogP contribution in [0.5, 0.6) is 5.75 Å². The maximum absolute atomic E-state index is 13.4. The van der Waals surface area contributed by atoms with Gasteiger partial charge in [0.15, 0.2) is 6.10 Å². The Morgan fingerprint density at radius 2 is 1.67 bits per heavy atom. The fraction of sp³-hybridized carbons (Fsp3) is 0.417. The number of imide groups is 1. The minimum atomic E-state index is -0.794. The summed E-state index contributed by atoms with van der Waals surface area (Å²) in [5, 5.41) is 1.77. The predicted octanol–water partition coefficient (Wildman–Crippen LogP) is 4.20. The third-order valence-electron chi connectivity index (χ3n) is 5.53. The van der Waals surface area contributed by atoms with Gasteiger partial charge in [-0.1, -0.05) is 39.0 Å². The molecule has 2 aromatic rings. The molecule has 0 aromatic heterocycles. The zero-order chi connectivity index (χ0) is 21.3. The molecule has 158 valence electrons. The first-order valence-electron chi connectivity index (χ1n) is 10.6. The fourth-order valence-corrected chi connectivity index (χ4v) is 4.21. The highest BCUT2D eigenvalue weighted by atomic mass is 16.7. The van der Waals surface area contributed by atoms with E-state index in [9.17, 15) is 9.59 Å². The van der Waals surface area contributed by atoms with E-state index >= 15 is 0 Å². The summed E-state index contributed by atoms with van der Waals surface area (Å²) in [5.74, 6) is 0.0615. The largest absolute Gasteiger partial charge is 0.494 e. The third-order valence-corrected chi connectivity index (χ3v) is 5.53. The third kappa shape index (κ3) is 3.67. The van der Waals surface area contributed by atoms with E-state index in [-0.39, 0.29) is 17.9 Å². The molecule has 0 N–H and O–H groups in total. The van der Waals surface area contributed by atoms with Crippen molar-refractivity contribution >= 4 is 23.2 Å². The number of hydrogen-bond donors (Lipinski definition) is 0. The molecule has 3 atom stereocenters. The maximum Gasteiger partial charge on any atom is 0.266 e. The van der Waals surface area contributed by atoms with E-state index in [0.717, 1.165) is 24.3 Å². The average molecular weight is 408 g/mol. The Hall–Kier alpha value is -2.86. The van der Waals surface area contributed by atoms with Crippen LogP contribution in [0.15, 0.2) is 54.6 Å². The van der Waals surface area contributed by atoms with Crippen LogP contribution < -0.4 is 14.7 Å².